The smallest absolute Gasteiger partial charge is 0.160 e. The molecule has 4 bridgehead atoms. The molecule has 4 aliphatic heterocycles. The van der Waals surface area contributed by atoms with Crippen LogP contribution < -0.4 is 4.74 Å². The lowest BCUT2D eigenvalue weighted by Crippen LogP contribution is -2.76. The van der Waals surface area contributed by atoms with Crippen LogP contribution in [0.5, 0.6) is 11.5 Å². The van der Waals surface area contributed by atoms with Crippen LogP contribution in [0.3, 0.4) is 0 Å². The first-order valence-electron chi connectivity index (χ1n) is 7.89. The van der Waals surface area contributed by atoms with Crippen molar-refractivity contribution in [1.82, 2.24) is 9.80 Å². The van der Waals surface area contributed by atoms with E-state index < -0.39 is 0 Å². The number of benzene rings is 1. The molecule has 4 aliphatic rings. The quantitative estimate of drug-likeness (QED) is 0.865. The fraction of sp³-hybridized carbons (Fsp3) is 0.647. The Kier molecular flexibility index (Phi) is 2.84. The van der Waals surface area contributed by atoms with E-state index >= 15 is 0 Å². The van der Waals surface area contributed by atoms with Gasteiger partial charge in [0, 0.05) is 37.0 Å². The van der Waals surface area contributed by atoms with E-state index in [-0.39, 0.29) is 28.8 Å². The molecule has 4 fully saturated rings. The minimum Gasteiger partial charge on any atom is -0.504 e. The number of methoxy groups -OCH3 is 1. The number of piperidine rings is 2. The molecule has 0 aliphatic carbocycles. The molecule has 5 nitrogen and oxygen atoms in total. The maximum absolute atomic E-state index is 10.7. The average molecular weight is 304 g/mol. The normalized spacial score (nSPS) is 46.0. The number of nitrogens with zero attached hydrogens (tertiary/aromatic N) is 2. The predicted molar refractivity (Wildman–Crippen MR) is 82.8 cm³/mol. The molecule has 0 radical (unpaired) electrons. The molecule has 120 valence electrons. The Morgan fingerprint density at radius 2 is 1.64 bits per heavy atom. The fourth-order valence-corrected chi connectivity index (χ4v) is 5.11. The number of phenolic OH excluding ortho intramolecular Hbond substituents is 1. The third-order valence-corrected chi connectivity index (χ3v) is 5.77. The van der Waals surface area contributed by atoms with Gasteiger partial charge in [0.15, 0.2) is 11.5 Å². The third kappa shape index (κ3) is 1.76. The molecule has 5 heteroatoms. The molecular weight excluding hydrogens is 280 g/mol. The summed E-state index contributed by atoms with van der Waals surface area (Å²) in [5.41, 5.74) is 1.04. The van der Waals surface area contributed by atoms with Crippen molar-refractivity contribution in [3.63, 3.8) is 0 Å². The summed E-state index contributed by atoms with van der Waals surface area (Å²) < 4.78 is 5.26. The summed E-state index contributed by atoms with van der Waals surface area (Å²) in [6.07, 6.45) is -0.0223. The number of ether oxygens (including phenoxy) is 1. The van der Waals surface area contributed by atoms with Crippen molar-refractivity contribution in [1.29, 1.82) is 0 Å². The van der Waals surface area contributed by atoms with E-state index in [0.29, 0.717) is 5.75 Å². The molecule has 0 amide bonds. The van der Waals surface area contributed by atoms with Gasteiger partial charge < -0.3 is 14.9 Å². The molecule has 4 heterocycles. The first kappa shape index (κ1) is 14.3. The second-order valence-corrected chi connectivity index (χ2v) is 7.83. The summed E-state index contributed by atoms with van der Waals surface area (Å²) >= 11 is 0. The molecule has 0 aromatic heterocycles. The number of aliphatic hydroxyl groups is 1. The summed E-state index contributed by atoms with van der Waals surface area (Å²) in [6, 6.07) is 5.62. The zero-order chi connectivity index (χ0) is 15.7. The second kappa shape index (κ2) is 4.37. The fourth-order valence-electron chi connectivity index (χ4n) is 5.11. The van der Waals surface area contributed by atoms with E-state index in [4.69, 9.17) is 4.74 Å². The SMILES string of the molecule is COc1cc(C2N3CC4(C)CN2CC(C)(C3)C4O)ccc1O. The van der Waals surface area contributed by atoms with Crippen molar-refractivity contribution in [3.8, 4) is 11.5 Å². The summed E-state index contributed by atoms with van der Waals surface area (Å²) in [5.74, 6) is 0.695. The van der Waals surface area contributed by atoms with Gasteiger partial charge in [-0.25, -0.2) is 0 Å². The zero-order valence-corrected chi connectivity index (χ0v) is 13.4. The van der Waals surface area contributed by atoms with E-state index in [0.717, 1.165) is 31.7 Å². The van der Waals surface area contributed by atoms with Gasteiger partial charge in [-0.2, -0.15) is 0 Å². The van der Waals surface area contributed by atoms with Gasteiger partial charge >= 0.3 is 0 Å². The standard InChI is InChI=1S/C17H24N2O3/c1-16-7-18-9-17(2,15(16)21)10-19(8-16)14(18)11-4-5-12(20)13(6-11)22-3/h4-6,14-15,20-21H,7-10H2,1-3H3. The van der Waals surface area contributed by atoms with Crippen LogP contribution in [0.2, 0.25) is 0 Å². The van der Waals surface area contributed by atoms with Gasteiger partial charge in [0.2, 0.25) is 0 Å². The van der Waals surface area contributed by atoms with Crippen LogP contribution in [0.4, 0.5) is 0 Å². The highest BCUT2D eigenvalue weighted by Crippen LogP contribution is 2.54. The van der Waals surface area contributed by atoms with Crippen LogP contribution in [0.1, 0.15) is 25.6 Å². The first-order valence-corrected chi connectivity index (χ1v) is 7.89. The minimum absolute atomic E-state index is 0.0528. The summed E-state index contributed by atoms with van der Waals surface area (Å²) in [6.45, 7) is 8.04. The van der Waals surface area contributed by atoms with Crippen molar-refractivity contribution in [3.05, 3.63) is 23.8 Å². The van der Waals surface area contributed by atoms with Gasteiger partial charge in [0.1, 0.15) is 0 Å². The van der Waals surface area contributed by atoms with Gasteiger partial charge in [-0.15, -0.1) is 0 Å². The average Bonchev–Trinajstić information content (AvgIpc) is 2.45. The van der Waals surface area contributed by atoms with Crippen molar-refractivity contribution in [2.75, 3.05) is 33.3 Å². The Labute approximate surface area is 131 Å². The Balaban J connectivity index is 1.72. The Morgan fingerprint density at radius 3 is 2.14 bits per heavy atom. The lowest BCUT2D eigenvalue weighted by Gasteiger charge is -2.68. The van der Waals surface area contributed by atoms with Crippen LogP contribution in [-0.2, 0) is 0 Å². The molecule has 1 aromatic carbocycles. The minimum atomic E-state index is -0.234. The number of rotatable bonds is 2. The molecule has 0 atom stereocenters. The van der Waals surface area contributed by atoms with Gasteiger partial charge in [-0.3, -0.25) is 9.80 Å². The van der Waals surface area contributed by atoms with Gasteiger partial charge in [0.05, 0.1) is 19.4 Å². The summed E-state index contributed by atoms with van der Waals surface area (Å²) in [5, 5.41) is 20.5. The lowest BCUT2D eigenvalue weighted by atomic mass is 9.60. The maximum Gasteiger partial charge on any atom is 0.160 e. The summed E-state index contributed by atoms with van der Waals surface area (Å²) in [4.78, 5) is 4.93. The van der Waals surface area contributed by atoms with E-state index in [1.54, 1.807) is 13.2 Å². The molecule has 1 aromatic rings. The predicted octanol–water partition coefficient (Wildman–Crippen LogP) is 1.42. The highest BCUT2D eigenvalue weighted by atomic mass is 16.5. The third-order valence-electron chi connectivity index (χ3n) is 5.77. The molecule has 4 saturated heterocycles. The monoisotopic (exact) mass is 304 g/mol. The van der Waals surface area contributed by atoms with Crippen LogP contribution in [-0.4, -0.2) is 59.4 Å². The number of aromatic hydroxyl groups is 1. The number of hydrogen-bond acceptors (Lipinski definition) is 5. The maximum atomic E-state index is 10.7. The Bertz CT molecular complexity index is 580. The Morgan fingerprint density at radius 1 is 1.09 bits per heavy atom. The highest BCUT2D eigenvalue weighted by molar-refractivity contribution is 5.43. The first-order chi connectivity index (χ1) is 10.4. The largest absolute Gasteiger partial charge is 0.504 e. The van der Waals surface area contributed by atoms with Gasteiger partial charge in [0.25, 0.3) is 0 Å². The van der Waals surface area contributed by atoms with Crippen molar-refractivity contribution in [2.24, 2.45) is 10.8 Å². The summed E-state index contributed by atoms with van der Waals surface area (Å²) in [7, 11) is 1.58. The topological polar surface area (TPSA) is 56.2 Å². The molecule has 0 saturated carbocycles. The van der Waals surface area contributed by atoms with Crippen molar-refractivity contribution in [2.45, 2.75) is 26.1 Å². The van der Waals surface area contributed by atoms with Crippen LogP contribution >= 0.6 is 0 Å². The molecule has 2 N–H and O–H groups in total. The molecule has 0 spiro atoms. The van der Waals surface area contributed by atoms with Crippen LogP contribution in [0, 0.1) is 10.8 Å². The molecule has 0 unspecified atom stereocenters. The van der Waals surface area contributed by atoms with Crippen molar-refractivity contribution < 1.29 is 14.9 Å². The lowest BCUT2D eigenvalue weighted by molar-refractivity contribution is -0.253. The van der Waals surface area contributed by atoms with Crippen LogP contribution in [0.15, 0.2) is 18.2 Å². The molecular formula is C17H24N2O3. The van der Waals surface area contributed by atoms with Crippen molar-refractivity contribution >= 4 is 0 Å². The van der Waals surface area contributed by atoms with E-state index in [1.807, 2.05) is 12.1 Å². The van der Waals surface area contributed by atoms with Crippen LogP contribution in [0.25, 0.3) is 0 Å². The number of aliphatic hydroxyl groups excluding tert-OH is 1. The molecule has 5 rings (SSSR count). The van der Waals surface area contributed by atoms with E-state index in [9.17, 15) is 10.2 Å². The molecule has 22 heavy (non-hydrogen) atoms. The Hall–Kier alpha value is -1.30. The second-order valence-electron chi connectivity index (χ2n) is 7.83. The van der Waals surface area contributed by atoms with Gasteiger partial charge in [-0.05, 0) is 17.7 Å². The highest BCUT2D eigenvalue weighted by Gasteiger charge is 2.61. The van der Waals surface area contributed by atoms with E-state index in [1.165, 1.54) is 0 Å². The number of phenols is 1. The zero-order valence-electron chi connectivity index (χ0n) is 13.4. The van der Waals surface area contributed by atoms with E-state index in [2.05, 4.69) is 23.6 Å². The van der Waals surface area contributed by atoms with Gasteiger partial charge in [-0.1, -0.05) is 19.9 Å². The number of hydrogen-bond donors (Lipinski definition) is 2.